The van der Waals surface area contributed by atoms with Gasteiger partial charge in [0.25, 0.3) is 0 Å². The Morgan fingerprint density at radius 3 is 3.00 bits per heavy atom. The van der Waals surface area contributed by atoms with E-state index in [4.69, 9.17) is 0 Å². The summed E-state index contributed by atoms with van der Waals surface area (Å²) in [6.07, 6.45) is 5.99. The average Bonchev–Trinajstić information content (AvgIpc) is 2.91. The first-order valence-corrected chi connectivity index (χ1v) is 4.89. The molecule has 0 radical (unpaired) electrons. The molecule has 1 saturated carbocycles. The van der Waals surface area contributed by atoms with Gasteiger partial charge < -0.3 is 5.11 Å². The molecule has 2 heterocycles. The van der Waals surface area contributed by atoms with Crippen molar-refractivity contribution < 1.29 is 5.11 Å². The molecule has 0 saturated heterocycles. The second kappa shape index (κ2) is 2.58. The molecule has 3 nitrogen and oxygen atoms in total. The van der Waals surface area contributed by atoms with Gasteiger partial charge in [-0.05, 0) is 25.0 Å². The van der Waals surface area contributed by atoms with Crippen LogP contribution in [0.25, 0.3) is 5.52 Å². The highest BCUT2D eigenvalue weighted by Crippen LogP contribution is 2.48. The van der Waals surface area contributed by atoms with Crippen LogP contribution in [-0.4, -0.2) is 21.3 Å². The summed E-state index contributed by atoms with van der Waals surface area (Å²) in [7, 11) is 0. The van der Waals surface area contributed by atoms with E-state index in [-0.39, 0.29) is 12.0 Å². The average molecular weight is 188 g/mol. The SMILES string of the molecule is OCC1(c2cnn3ccccc23)CC1. The van der Waals surface area contributed by atoms with Crippen LogP contribution in [-0.2, 0) is 5.41 Å². The molecular formula is C11H12N2O. The second-order valence-corrected chi connectivity index (χ2v) is 4.03. The van der Waals surface area contributed by atoms with Crippen molar-refractivity contribution in [2.75, 3.05) is 6.61 Å². The third kappa shape index (κ3) is 0.930. The van der Waals surface area contributed by atoms with E-state index in [9.17, 15) is 5.11 Å². The van der Waals surface area contributed by atoms with Crippen molar-refractivity contribution in [2.24, 2.45) is 0 Å². The van der Waals surface area contributed by atoms with Crippen molar-refractivity contribution in [3.63, 3.8) is 0 Å². The molecule has 3 heteroatoms. The van der Waals surface area contributed by atoms with E-state index in [2.05, 4.69) is 11.2 Å². The minimum atomic E-state index is 0.0170. The molecule has 2 aromatic heterocycles. The molecule has 1 aliphatic rings. The van der Waals surface area contributed by atoms with Crippen LogP contribution in [0.3, 0.4) is 0 Å². The van der Waals surface area contributed by atoms with Gasteiger partial charge in [0.2, 0.25) is 0 Å². The Labute approximate surface area is 82.0 Å². The maximum absolute atomic E-state index is 9.35. The first-order valence-electron chi connectivity index (χ1n) is 4.89. The zero-order chi connectivity index (χ0) is 9.60. The minimum Gasteiger partial charge on any atom is -0.395 e. The molecule has 2 aromatic rings. The van der Waals surface area contributed by atoms with E-state index >= 15 is 0 Å². The molecule has 0 aliphatic heterocycles. The van der Waals surface area contributed by atoms with E-state index in [0.717, 1.165) is 18.4 Å². The molecule has 72 valence electrons. The summed E-state index contributed by atoms with van der Waals surface area (Å²) in [6, 6.07) is 6.02. The third-order valence-corrected chi connectivity index (χ3v) is 3.15. The molecule has 0 aromatic carbocycles. The lowest BCUT2D eigenvalue weighted by atomic mass is 9.99. The van der Waals surface area contributed by atoms with Gasteiger partial charge in [0.15, 0.2) is 0 Å². The fraction of sp³-hybridized carbons (Fsp3) is 0.364. The van der Waals surface area contributed by atoms with Crippen molar-refractivity contribution >= 4 is 5.52 Å². The number of pyridine rings is 1. The Morgan fingerprint density at radius 2 is 2.29 bits per heavy atom. The number of fused-ring (bicyclic) bond motifs is 1. The van der Waals surface area contributed by atoms with Crippen molar-refractivity contribution in [1.29, 1.82) is 0 Å². The summed E-state index contributed by atoms with van der Waals surface area (Å²) in [5, 5.41) is 13.6. The standard InChI is InChI=1S/C11H12N2O/c14-8-11(4-5-11)9-7-12-13-6-2-1-3-10(9)13/h1-3,6-7,14H,4-5,8H2. The number of rotatable bonds is 2. The lowest BCUT2D eigenvalue weighted by molar-refractivity contribution is 0.256. The van der Waals surface area contributed by atoms with Crippen molar-refractivity contribution in [3.8, 4) is 0 Å². The molecule has 1 fully saturated rings. The molecule has 0 atom stereocenters. The summed E-state index contributed by atoms with van der Waals surface area (Å²) in [6.45, 7) is 0.239. The first kappa shape index (κ1) is 8.00. The van der Waals surface area contributed by atoms with E-state index in [1.54, 1.807) is 0 Å². The van der Waals surface area contributed by atoms with Crippen LogP contribution in [0.4, 0.5) is 0 Å². The zero-order valence-corrected chi connectivity index (χ0v) is 7.85. The molecular weight excluding hydrogens is 176 g/mol. The van der Waals surface area contributed by atoms with Crippen molar-refractivity contribution in [3.05, 3.63) is 36.2 Å². The molecule has 1 N–H and O–H groups in total. The van der Waals surface area contributed by atoms with Gasteiger partial charge in [0.1, 0.15) is 0 Å². The predicted molar refractivity (Wildman–Crippen MR) is 53.2 cm³/mol. The van der Waals surface area contributed by atoms with Crippen LogP contribution in [0.2, 0.25) is 0 Å². The predicted octanol–water partition coefficient (Wildman–Crippen LogP) is 1.36. The van der Waals surface area contributed by atoms with E-state index < -0.39 is 0 Å². The molecule has 1 aliphatic carbocycles. The highest BCUT2D eigenvalue weighted by molar-refractivity contribution is 5.58. The number of aliphatic hydroxyl groups excluding tert-OH is 1. The summed E-state index contributed by atoms with van der Waals surface area (Å²) in [5.74, 6) is 0. The molecule has 3 rings (SSSR count). The Hall–Kier alpha value is -1.35. The molecule has 0 unspecified atom stereocenters. The van der Waals surface area contributed by atoms with Crippen LogP contribution in [0, 0.1) is 0 Å². The minimum absolute atomic E-state index is 0.0170. The van der Waals surface area contributed by atoms with Crippen molar-refractivity contribution in [2.45, 2.75) is 18.3 Å². The molecule has 0 amide bonds. The van der Waals surface area contributed by atoms with Crippen LogP contribution in [0.1, 0.15) is 18.4 Å². The smallest absolute Gasteiger partial charge is 0.0700 e. The number of aromatic nitrogens is 2. The highest BCUT2D eigenvalue weighted by atomic mass is 16.3. The van der Waals surface area contributed by atoms with Crippen LogP contribution in [0.5, 0.6) is 0 Å². The van der Waals surface area contributed by atoms with Gasteiger partial charge in [-0.15, -0.1) is 0 Å². The van der Waals surface area contributed by atoms with Crippen LogP contribution < -0.4 is 0 Å². The maximum Gasteiger partial charge on any atom is 0.0700 e. The monoisotopic (exact) mass is 188 g/mol. The summed E-state index contributed by atoms with van der Waals surface area (Å²) >= 11 is 0. The van der Waals surface area contributed by atoms with Gasteiger partial charge in [-0.3, -0.25) is 0 Å². The topological polar surface area (TPSA) is 37.5 Å². The second-order valence-electron chi connectivity index (χ2n) is 4.03. The van der Waals surface area contributed by atoms with Gasteiger partial charge >= 0.3 is 0 Å². The third-order valence-electron chi connectivity index (χ3n) is 3.15. The van der Waals surface area contributed by atoms with Gasteiger partial charge in [-0.1, -0.05) is 6.07 Å². The first-order chi connectivity index (χ1) is 6.86. The summed E-state index contributed by atoms with van der Waals surface area (Å²) < 4.78 is 1.87. The van der Waals surface area contributed by atoms with Crippen molar-refractivity contribution in [1.82, 2.24) is 9.61 Å². The van der Waals surface area contributed by atoms with E-state index in [1.807, 2.05) is 29.0 Å². The van der Waals surface area contributed by atoms with Gasteiger partial charge in [-0.2, -0.15) is 5.10 Å². The largest absolute Gasteiger partial charge is 0.395 e. The maximum atomic E-state index is 9.35. The van der Waals surface area contributed by atoms with Gasteiger partial charge in [0.05, 0.1) is 18.3 Å². The Bertz CT molecular complexity index is 471. The Morgan fingerprint density at radius 1 is 1.43 bits per heavy atom. The fourth-order valence-corrected chi connectivity index (χ4v) is 2.01. The summed E-state index contributed by atoms with van der Waals surface area (Å²) in [4.78, 5) is 0. The zero-order valence-electron chi connectivity index (χ0n) is 7.85. The Balaban J connectivity index is 2.22. The molecule has 14 heavy (non-hydrogen) atoms. The highest BCUT2D eigenvalue weighted by Gasteiger charge is 2.45. The fourth-order valence-electron chi connectivity index (χ4n) is 2.01. The number of aliphatic hydroxyl groups is 1. The Kier molecular flexibility index (Phi) is 1.47. The summed E-state index contributed by atoms with van der Waals surface area (Å²) in [5.41, 5.74) is 2.34. The van der Waals surface area contributed by atoms with Crippen LogP contribution in [0.15, 0.2) is 30.6 Å². The number of hydrogen-bond acceptors (Lipinski definition) is 2. The lowest BCUT2D eigenvalue weighted by Gasteiger charge is -2.08. The normalized spacial score (nSPS) is 18.6. The molecule has 0 spiro atoms. The van der Waals surface area contributed by atoms with Gasteiger partial charge in [-0.25, -0.2) is 4.52 Å². The van der Waals surface area contributed by atoms with Gasteiger partial charge in [0, 0.05) is 17.2 Å². The lowest BCUT2D eigenvalue weighted by Crippen LogP contribution is -2.11. The number of hydrogen-bond donors (Lipinski definition) is 1. The quantitative estimate of drug-likeness (QED) is 0.772. The van der Waals surface area contributed by atoms with Crippen LogP contribution >= 0.6 is 0 Å². The van der Waals surface area contributed by atoms with E-state index in [0.29, 0.717) is 0 Å². The molecule has 0 bridgehead atoms. The van der Waals surface area contributed by atoms with E-state index in [1.165, 1.54) is 5.56 Å². The number of nitrogens with zero attached hydrogens (tertiary/aromatic N) is 2.